The Labute approximate surface area is 231 Å². The Morgan fingerprint density at radius 1 is 0.707 bits per heavy atom. The number of fused-ring (bicyclic) bond motifs is 1. The molecular formula is C29H26F6N4O2. The van der Waals surface area contributed by atoms with Crippen LogP contribution in [0.15, 0.2) is 60.7 Å². The van der Waals surface area contributed by atoms with Crippen LogP contribution in [0.5, 0.6) is 0 Å². The number of likely N-dealkylation sites (tertiary alicyclic amines) is 1. The maximum absolute atomic E-state index is 13.5. The van der Waals surface area contributed by atoms with E-state index >= 15 is 0 Å². The number of nitrogens with one attached hydrogen (secondary N) is 2. The summed E-state index contributed by atoms with van der Waals surface area (Å²) in [6.45, 7) is 2.44. The minimum Gasteiger partial charge on any atom is -0.366 e. The Morgan fingerprint density at radius 2 is 1.32 bits per heavy atom. The first-order chi connectivity index (χ1) is 19.4. The zero-order valence-corrected chi connectivity index (χ0v) is 21.7. The van der Waals surface area contributed by atoms with E-state index in [1.165, 1.54) is 11.6 Å². The third kappa shape index (κ3) is 6.41. The Hall–Kier alpha value is -4.22. The number of carbonyl (C=O) groups is 2. The highest BCUT2D eigenvalue weighted by molar-refractivity contribution is 6.04. The van der Waals surface area contributed by atoms with Crippen LogP contribution < -0.4 is 15.5 Å². The van der Waals surface area contributed by atoms with E-state index in [1.54, 1.807) is 17.0 Å². The first-order valence-corrected chi connectivity index (χ1v) is 13.0. The van der Waals surface area contributed by atoms with Crippen LogP contribution in [0.2, 0.25) is 0 Å². The second kappa shape index (κ2) is 11.0. The van der Waals surface area contributed by atoms with Gasteiger partial charge in [-0.2, -0.15) is 26.3 Å². The quantitative estimate of drug-likeness (QED) is 0.324. The van der Waals surface area contributed by atoms with Crippen molar-refractivity contribution in [2.75, 3.05) is 35.2 Å². The third-order valence-corrected chi connectivity index (χ3v) is 7.19. The smallest absolute Gasteiger partial charge is 0.366 e. The van der Waals surface area contributed by atoms with Crippen LogP contribution in [-0.4, -0.2) is 36.5 Å². The maximum atomic E-state index is 13.5. The van der Waals surface area contributed by atoms with E-state index in [0.29, 0.717) is 49.6 Å². The molecule has 0 radical (unpaired) electrons. The van der Waals surface area contributed by atoms with Crippen LogP contribution in [0.1, 0.15) is 45.5 Å². The first kappa shape index (κ1) is 28.3. The molecule has 0 atom stereocenters. The number of urea groups is 1. The van der Waals surface area contributed by atoms with E-state index in [-0.39, 0.29) is 17.7 Å². The van der Waals surface area contributed by atoms with Gasteiger partial charge in [0.2, 0.25) is 0 Å². The Morgan fingerprint density at radius 3 is 1.95 bits per heavy atom. The highest BCUT2D eigenvalue weighted by atomic mass is 19.4. The van der Waals surface area contributed by atoms with Crippen molar-refractivity contribution in [3.05, 3.63) is 88.5 Å². The number of benzene rings is 3. The fourth-order valence-corrected chi connectivity index (χ4v) is 5.17. The molecule has 12 heteroatoms. The molecule has 0 spiro atoms. The number of carbonyl (C=O) groups excluding carboxylic acids is 2. The molecule has 0 aromatic heterocycles. The largest absolute Gasteiger partial charge is 0.416 e. The molecule has 0 unspecified atom stereocenters. The van der Waals surface area contributed by atoms with Crippen molar-refractivity contribution in [1.29, 1.82) is 0 Å². The van der Waals surface area contributed by atoms with Crippen molar-refractivity contribution in [3.8, 4) is 0 Å². The summed E-state index contributed by atoms with van der Waals surface area (Å²) in [5.41, 5.74) is -0.218. The molecule has 2 N–H and O–H groups in total. The number of alkyl halides is 6. The van der Waals surface area contributed by atoms with Gasteiger partial charge in [0.1, 0.15) is 0 Å². The van der Waals surface area contributed by atoms with Gasteiger partial charge in [-0.1, -0.05) is 24.3 Å². The summed E-state index contributed by atoms with van der Waals surface area (Å²) in [6.07, 6.45) is -7.58. The van der Waals surface area contributed by atoms with Crippen LogP contribution in [0, 0.1) is 0 Å². The van der Waals surface area contributed by atoms with Gasteiger partial charge in [-0.3, -0.25) is 4.79 Å². The molecule has 1 saturated heterocycles. The van der Waals surface area contributed by atoms with Crippen molar-refractivity contribution < 1.29 is 35.9 Å². The van der Waals surface area contributed by atoms with E-state index in [2.05, 4.69) is 21.6 Å². The van der Waals surface area contributed by atoms with Gasteiger partial charge in [0.05, 0.1) is 16.7 Å². The van der Waals surface area contributed by atoms with Gasteiger partial charge in [-0.25, -0.2) is 4.79 Å². The van der Waals surface area contributed by atoms with Crippen molar-refractivity contribution >= 4 is 29.0 Å². The minimum atomic E-state index is -5.05. The zero-order chi connectivity index (χ0) is 29.4. The molecule has 1 fully saturated rings. The molecule has 0 bridgehead atoms. The molecule has 0 aliphatic carbocycles. The van der Waals surface area contributed by atoms with Crippen molar-refractivity contribution in [2.24, 2.45) is 0 Å². The average molecular weight is 577 g/mol. The number of rotatable bonds is 4. The van der Waals surface area contributed by atoms with Gasteiger partial charge in [0.25, 0.3) is 5.91 Å². The second-order valence-electron chi connectivity index (χ2n) is 10.0. The summed E-state index contributed by atoms with van der Waals surface area (Å²) < 4.78 is 79.2. The molecule has 216 valence electrons. The topological polar surface area (TPSA) is 64.7 Å². The van der Waals surface area contributed by atoms with E-state index < -0.39 is 35.2 Å². The van der Waals surface area contributed by atoms with E-state index in [1.807, 2.05) is 18.2 Å². The minimum absolute atomic E-state index is 0.0168. The van der Waals surface area contributed by atoms with E-state index in [9.17, 15) is 35.9 Å². The van der Waals surface area contributed by atoms with Crippen LogP contribution in [0.25, 0.3) is 0 Å². The Bertz CT molecular complexity index is 1430. The number of hydrogen-bond donors (Lipinski definition) is 2. The third-order valence-electron chi connectivity index (χ3n) is 7.19. The standard InChI is InChI=1S/C29H26F6N4O2/c30-28(31,32)20-13-21(29(33,34)35)15-23(14-20)37-27(41)36-22-7-8-25(24(16-22)26(40)38-10-3-4-11-38)39-12-9-18-5-1-2-6-19(18)17-39/h1-2,5-8,13-16H,3-4,9-12,17H2,(H2,36,37,41). The predicted molar refractivity (Wildman–Crippen MR) is 142 cm³/mol. The molecule has 3 aromatic rings. The lowest BCUT2D eigenvalue weighted by Gasteiger charge is -2.33. The predicted octanol–water partition coefficient (Wildman–Crippen LogP) is 7.17. The molecule has 2 aliphatic rings. The van der Waals surface area contributed by atoms with Gasteiger partial charge in [-0.05, 0) is 66.8 Å². The van der Waals surface area contributed by atoms with E-state index in [0.717, 1.165) is 24.8 Å². The molecule has 2 aliphatic heterocycles. The highest BCUT2D eigenvalue weighted by Crippen LogP contribution is 2.38. The summed E-state index contributed by atoms with van der Waals surface area (Å²) in [5, 5.41) is 4.49. The monoisotopic (exact) mass is 576 g/mol. The Kier molecular flexibility index (Phi) is 7.58. The summed E-state index contributed by atoms with van der Waals surface area (Å²) in [7, 11) is 0. The molecule has 41 heavy (non-hydrogen) atoms. The fraction of sp³-hybridized carbons (Fsp3) is 0.310. The first-order valence-electron chi connectivity index (χ1n) is 13.0. The number of nitrogens with zero attached hydrogens (tertiary/aromatic N) is 2. The van der Waals surface area contributed by atoms with Crippen LogP contribution in [0.3, 0.4) is 0 Å². The summed E-state index contributed by atoms with van der Waals surface area (Å²) in [5.74, 6) is -0.215. The summed E-state index contributed by atoms with van der Waals surface area (Å²) in [4.78, 5) is 30.0. The van der Waals surface area contributed by atoms with Gasteiger partial charge >= 0.3 is 18.4 Å². The summed E-state index contributed by atoms with van der Waals surface area (Å²) >= 11 is 0. The van der Waals surface area contributed by atoms with Gasteiger partial charge < -0.3 is 20.4 Å². The molecule has 6 nitrogen and oxygen atoms in total. The van der Waals surface area contributed by atoms with Gasteiger partial charge in [0, 0.05) is 43.2 Å². The van der Waals surface area contributed by atoms with Crippen molar-refractivity contribution in [2.45, 2.75) is 38.2 Å². The highest BCUT2D eigenvalue weighted by Gasteiger charge is 2.37. The van der Waals surface area contributed by atoms with Crippen LogP contribution in [-0.2, 0) is 25.3 Å². The fourth-order valence-electron chi connectivity index (χ4n) is 5.17. The normalized spacial score (nSPS) is 15.5. The second-order valence-corrected chi connectivity index (χ2v) is 10.0. The van der Waals surface area contributed by atoms with Gasteiger partial charge in [-0.15, -0.1) is 0 Å². The van der Waals surface area contributed by atoms with E-state index in [4.69, 9.17) is 0 Å². The SMILES string of the molecule is O=C(Nc1cc(C(F)(F)F)cc(C(F)(F)F)c1)Nc1ccc(N2CCc3ccccc3C2)c(C(=O)N2CCCC2)c1. The van der Waals surface area contributed by atoms with Gasteiger partial charge in [0.15, 0.2) is 0 Å². The lowest BCUT2D eigenvalue weighted by Crippen LogP contribution is -2.34. The number of anilines is 3. The summed E-state index contributed by atoms with van der Waals surface area (Å²) in [6, 6.07) is 12.5. The molecule has 3 aromatic carbocycles. The van der Waals surface area contributed by atoms with Crippen LogP contribution in [0.4, 0.5) is 48.2 Å². The zero-order valence-electron chi connectivity index (χ0n) is 21.7. The van der Waals surface area contributed by atoms with Crippen molar-refractivity contribution in [1.82, 2.24) is 4.90 Å². The number of halogens is 6. The maximum Gasteiger partial charge on any atom is 0.416 e. The van der Waals surface area contributed by atoms with Crippen LogP contribution >= 0.6 is 0 Å². The molecule has 3 amide bonds. The molecular weight excluding hydrogens is 550 g/mol. The molecule has 2 heterocycles. The lowest BCUT2D eigenvalue weighted by atomic mass is 9.98. The Balaban J connectivity index is 1.40. The lowest BCUT2D eigenvalue weighted by molar-refractivity contribution is -0.143. The molecule has 0 saturated carbocycles. The average Bonchev–Trinajstić information content (AvgIpc) is 3.46. The number of amides is 3. The van der Waals surface area contributed by atoms with Crippen molar-refractivity contribution in [3.63, 3.8) is 0 Å². The number of hydrogen-bond acceptors (Lipinski definition) is 3. The molecule has 5 rings (SSSR count).